The maximum absolute atomic E-state index is 11.8. The third-order valence-corrected chi connectivity index (χ3v) is 3.87. The maximum atomic E-state index is 11.8. The van der Waals surface area contributed by atoms with Crippen LogP contribution < -0.4 is 15.5 Å². The Morgan fingerprint density at radius 3 is 2.55 bits per heavy atom. The van der Waals surface area contributed by atoms with Gasteiger partial charge >= 0.3 is 0 Å². The number of rotatable bonds is 4. The number of amides is 1. The molecule has 1 amide bonds. The summed E-state index contributed by atoms with van der Waals surface area (Å²) in [5, 5.41) is 6.14. The number of hydrogen-bond acceptors (Lipinski definition) is 4. The van der Waals surface area contributed by atoms with E-state index in [2.05, 4.69) is 27.7 Å². The Kier molecular flexibility index (Phi) is 4.18. The van der Waals surface area contributed by atoms with E-state index in [9.17, 15) is 4.79 Å². The average Bonchev–Trinajstić information content (AvgIpc) is 2.45. The van der Waals surface area contributed by atoms with Crippen molar-refractivity contribution in [3.05, 3.63) is 24.3 Å². The first-order valence-electron chi connectivity index (χ1n) is 7.24. The van der Waals surface area contributed by atoms with Crippen LogP contribution in [0.2, 0.25) is 0 Å². The standard InChI is InChI=1S/C15H21N3O2/c19-15(9-12-10-16-11-12)17-13-1-3-14(4-2-13)18-5-7-20-8-6-18/h1-4,12,16H,5-11H2,(H,17,19). The van der Waals surface area contributed by atoms with Crippen LogP contribution in [0.1, 0.15) is 6.42 Å². The lowest BCUT2D eigenvalue weighted by molar-refractivity contribution is -0.117. The number of anilines is 2. The van der Waals surface area contributed by atoms with Crippen molar-refractivity contribution in [2.45, 2.75) is 6.42 Å². The molecule has 5 nitrogen and oxygen atoms in total. The van der Waals surface area contributed by atoms with Crippen LogP contribution in [-0.4, -0.2) is 45.3 Å². The predicted octanol–water partition coefficient (Wildman–Crippen LogP) is 1.07. The molecule has 1 aromatic rings. The number of nitrogens with one attached hydrogen (secondary N) is 2. The molecular formula is C15H21N3O2. The van der Waals surface area contributed by atoms with E-state index >= 15 is 0 Å². The molecule has 0 spiro atoms. The fraction of sp³-hybridized carbons (Fsp3) is 0.533. The van der Waals surface area contributed by atoms with Crippen LogP contribution in [-0.2, 0) is 9.53 Å². The Labute approximate surface area is 119 Å². The minimum atomic E-state index is 0.107. The lowest BCUT2D eigenvalue weighted by Crippen LogP contribution is -2.43. The summed E-state index contributed by atoms with van der Waals surface area (Å²) in [6.07, 6.45) is 0.609. The van der Waals surface area contributed by atoms with Crippen molar-refractivity contribution in [2.75, 3.05) is 49.6 Å². The number of ether oxygens (including phenoxy) is 1. The van der Waals surface area contributed by atoms with Gasteiger partial charge in [0, 0.05) is 30.9 Å². The molecule has 3 rings (SSSR count). The molecule has 0 aromatic heterocycles. The molecule has 2 aliphatic rings. The van der Waals surface area contributed by atoms with E-state index in [1.165, 1.54) is 5.69 Å². The minimum absolute atomic E-state index is 0.107. The highest BCUT2D eigenvalue weighted by molar-refractivity contribution is 5.91. The van der Waals surface area contributed by atoms with E-state index in [4.69, 9.17) is 4.74 Å². The van der Waals surface area contributed by atoms with Gasteiger partial charge in [0.25, 0.3) is 0 Å². The van der Waals surface area contributed by atoms with Crippen molar-refractivity contribution in [3.8, 4) is 0 Å². The van der Waals surface area contributed by atoms with Crippen LogP contribution in [0.4, 0.5) is 11.4 Å². The predicted molar refractivity (Wildman–Crippen MR) is 79.1 cm³/mol. The molecule has 108 valence electrons. The Morgan fingerprint density at radius 2 is 1.95 bits per heavy atom. The zero-order chi connectivity index (χ0) is 13.8. The smallest absolute Gasteiger partial charge is 0.224 e. The van der Waals surface area contributed by atoms with E-state index in [1.807, 2.05) is 12.1 Å². The van der Waals surface area contributed by atoms with Gasteiger partial charge in [-0.2, -0.15) is 0 Å². The van der Waals surface area contributed by atoms with Crippen molar-refractivity contribution >= 4 is 17.3 Å². The van der Waals surface area contributed by atoms with Crippen LogP contribution in [0, 0.1) is 5.92 Å². The van der Waals surface area contributed by atoms with Gasteiger partial charge in [-0.3, -0.25) is 4.79 Å². The van der Waals surface area contributed by atoms with E-state index in [0.717, 1.165) is 45.1 Å². The van der Waals surface area contributed by atoms with Crippen LogP contribution in [0.25, 0.3) is 0 Å². The van der Waals surface area contributed by atoms with Gasteiger partial charge in [-0.25, -0.2) is 0 Å². The van der Waals surface area contributed by atoms with Crippen molar-refractivity contribution in [1.82, 2.24) is 5.32 Å². The summed E-state index contributed by atoms with van der Waals surface area (Å²) in [4.78, 5) is 14.1. The van der Waals surface area contributed by atoms with Crippen molar-refractivity contribution in [3.63, 3.8) is 0 Å². The Hall–Kier alpha value is -1.59. The van der Waals surface area contributed by atoms with Crippen molar-refractivity contribution in [1.29, 1.82) is 0 Å². The lowest BCUT2D eigenvalue weighted by Gasteiger charge is -2.29. The van der Waals surface area contributed by atoms with Crippen LogP contribution >= 0.6 is 0 Å². The quantitative estimate of drug-likeness (QED) is 0.863. The van der Waals surface area contributed by atoms with Gasteiger partial charge in [0.2, 0.25) is 5.91 Å². The molecule has 0 saturated carbocycles. The minimum Gasteiger partial charge on any atom is -0.378 e. The van der Waals surface area contributed by atoms with Gasteiger partial charge < -0.3 is 20.3 Å². The molecule has 20 heavy (non-hydrogen) atoms. The van der Waals surface area contributed by atoms with Gasteiger partial charge in [-0.05, 0) is 43.3 Å². The Morgan fingerprint density at radius 1 is 1.25 bits per heavy atom. The summed E-state index contributed by atoms with van der Waals surface area (Å²) in [5.41, 5.74) is 2.06. The molecule has 0 unspecified atom stereocenters. The molecule has 2 fully saturated rings. The highest BCUT2D eigenvalue weighted by Gasteiger charge is 2.20. The largest absolute Gasteiger partial charge is 0.378 e. The number of hydrogen-bond donors (Lipinski definition) is 2. The summed E-state index contributed by atoms with van der Waals surface area (Å²) in [7, 11) is 0. The Balaban J connectivity index is 1.53. The Bertz CT molecular complexity index is 451. The van der Waals surface area contributed by atoms with E-state index < -0.39 is 0 Å². The van der Waals surface area contributed by atoms with Gasteiger partial charge in [0.05, 0.1) is 13.2 Å². The highest BCUT2D eigenvalue weighted by atomic mass is 16.5. The van der Waals surface area contributed by atoms with Gasteiger partial charge in [-0.15, -0.1) is 0 Å². The highest BCUT2D eigenvalue weighted by Crippen LogP contribution is 2.19. The second kappa shape index (κ2) is 6.24. The first-order chi connectivity index (χ1) is 9.81. The number of nitrogens with zero attached hydrogens (tertiary/aromatic N) is 1. The number of carbonyl (C=O) groups is 1. The van der Waals surface area contributed by atoms with Crippen LogP contribution in [0.15, 0.2) is 24.3 Å². The maximum Gasteiger partial charge on any atom is 0.224 e. The summed E-state index contributed by atoms with van der Waals surface area (Å²) in [5.74, 6) is 0.609. The molecular weight excluding hydrogens is 254 g/mol. The van der Waals surface area contributed by atoms with E-state index in [1.54, 1.807) is 0 Å². The van der Waals surface area contributed by atoms with E-state index in [0.29, 0.717) is 12.3 Å². The summed E-state index contributed by atoms with van der Waals surface area (Å²) < 4.78 is 5.35. The molecule has 2 N–H and O–H groups in total. The second-order valence-corrected chi connectivity index (χ2v) is 5.42. The zero-order valence-corrected chi connectivity index (χ0v) is 11.6. The molecule has 2 aliphatic heterocycles. The molecule has 0 aliphatic carbocycles. The summed E-state index contributed by atoms with van der Waals surface area (Å²) >= 11 is 0. The van der Waals surface area contributed by atoms with Crippen molar-refractivity contribution < 1.29 is 9.53 Å². The fourth-order valence-corrected chi connectivity index (χ4v) is 2.54. The molecule has 0 atom stereocenters. The third-order valence-electron chi connectivity index (χ3n) is 3.87. The van der Waals surface area contributed by atoms with Crippen molar-refractivity contribution in [2.24, 2.45) is 5.92 Å². The SMILES string of the molecule is O=C(CC1CNC1)Nc1ccc(N2CCOCC2)cc1. The van der Waals surface area contributed by atoms with Crippen LogP contribution in [0.5, 0.6) is 0 Å². The first kappa shape index (κ1) is 13.4. The topological polar surface area (TPSA) is 53.6 Å². The second-order valence-electron chi connectivity index (χ2n) is 5.42. The first-order valence-corrected chi connectivity index (χ1v) is 7.24. The molecule has 1 aromatic carbocycles. The third kappa shape index (κ3) is 3.29. The molecule has 0 radical (unpaired) electrons. The number of morpholine rings is 1. The van der Waals surface area contributed by atoms with Crippen LogP contribution in [0.3, 0.4) is 0 Å². The molecule has 2 saturated heterocycles. The van der Waals surface area contributed by atoms with E-state index in [-0.39, 0.29) is 5.91 Å². The van der Waals surface area contributed by atoms with Gasteiger partial charge in [0.15, 0.2) is 0 Å². The fourth-order valence-electron chi connectivity index (χ4n) is 2.54. The normalized spacial score (nSPS) is 19.5. The number of benzene rings is 1. The summed E-state index contributed by atoms with van der Waals surface area (Å²) in [6, 6.07) is 8.07. The van der Waals surface area contributed by atoms with Gasteiger partial charge in [0.1, 0.15) is 0 Å². The molecule has 2 heterocycles. The molecule has 0 bridgehead atoms. The summed E-state index contributed by atoms with van der Waals surface area (Å²) in [6.45, 7) is 5.36. The monoisotopic (exact) mass is 275 g/mol. The average molecular weight is 275 g/mol. The lowest BCUT2D eigenvalue weighted by atomic mass is 9.99. The molecule has 5 heteroatoms. The zero-order valence-electron chi connectivity index (χ0n) is 11.6. The number of carbonyl (C=O) groups excluding carboxylic acids is 1. The van der Waals surface area contributed by atoms with Gasteiger partial charge in [-0.1, -0.05) is 0 Å².